The monoisotopic (exact) mass is 242 g/mol. The van der Waals surface area contributed by atoms with Gasteiger partial charge in [-0.3, -0.25) is 4.79 Å². The minimum Gasteiger partial charge on any atom is -0.502 e. The molecule has 2 N–H and O–H groups in total. The predicted octanol–water partition coefficient (Wildman–Crippen LogP) is 1.89. The van der Waals surface area contributed by atoms with Crippen molar-refractivity contribution in [1.82, 2.24) is 0 Å². The number of hydrogen-bond acceptors (Lipinski definition) is 5. The van der Waals surface area contributed by atoms with E-state index in [-0.39, 0.29) is 17.3 Å². The highest BCUT2D eigenvalue weighted by molar-refractivity contribution is 5.36. The Bertz CT molecular complexity index is 435. The van der Waals surface area contributed by atoms with Gasteiger partial charge >= 0.3 is 0 Å². The molecule has 0 spiro atoms. The zero-order valence-corrected chi connectivity index (χ0v) is 10.3. The predicted molar refractivity (Wildman–Crippen MR) is 62.4 cm³/mol. The van der Waals surface area contributed by atoms with Crippen LogP contribution in [-0.2, 0) is 0 Å². The molecule has 5 nitrogen and oxygen atoms in total. The summed E-state index contributed by atoms with van der Waals surface area (Å²) < 4.78 is 10.1. The first kappa shape index (κ1) is 13.6. The van der Waals surface area contributed by atoms with Crippen LogP contribution in [0.15, 0.2) is 9.21 Å². The van der Waals surface area contributed by atoms with E-state index in [1.165, 1.54) is 7.11 Å². The number of hydrogen-bond donors (Lipinski definition) is 2. The van der Waals surface area contributed by atoms with Crippen molar-refractivity contribution in [3.63, 3.8) is 0 Å². The zero-order chi connectivity index (χ0) is 13.0. The van der Waals surface area contributed by atoms with E-state index in [4.69, 9.17) is 9.15 Å². The molecule has 0 aromatic carbocycles. The zero-order valence-electron chi connectivity index (χ0n) is 10.3. The van der Waals surface area contributed by atoms with Crippen LogP contribution in [-0.4, -0.2) is 17.3 Å². The van der Waals surface area contributed by atoms with Gasteiger partial charge in [-0.05, 0) is 13.3 Å². The van der Waals surface area contributed by atoms with Crippen LogP contribution in [0.25, 0.3) is 0 Å². The van der Waals surface area contributed by atoms with E-state index < -0.39 is 17.3 Å². The van der Waals surface area contributed by atoms with Gasteiger partial charge in [0.1, 0.15) is 11.9 Å². The first-order chi connectivity index (χ1) is 8.02. The van der Waals surface area contributed by atoms with Crippen LogP contribution in [0.4, 0.5) is 0 Å². The number of aliphatic hydroxyl groups excluding tert-OH is 1. The fraction of sp³-hybridized carbons (Fsp3) is 0.583. The summed E-state index contributed by atoms with van der Waals surface area (Å²) in [4.78, 5) is 11.7. The molecule has 0 fully saturated rings. The lowest BCUT2D eigenvalue weighted by Gasteiger charge is -2.12. The van der Waals surface area contributed by atoms with Crippen molar-refractivity contribution in [2.45, 2.75) is 39.2 Å². The third kappa shape index (κ3) is 2.79. The van der Waals surface area contributed by atoms with Crippen molar-refractivity contribution in [2.75, 3.05) is 7.11 Å². The SMILES string of the molecule is CCCCC(O)c1oc(C)c(OC)c(=O)c1O. The van der Waals surface area contributed by atoms with E-state index in [9.17, 15) is 15.0 Å². The summed E-state index contributed by atoms with van der Waals surface area (Å²) in [6.45, 7) is 3.54. The standard InChI is InChI=1S/C12H18O5/c1-4-5-6-8(13)12-10(15)9(14)11(16-3)7(2)17-12/h8,13,15H,4-6H2,1-3H3. The lowest BCUT2D eigenvalue weighted by molar-refractivity contribution is 0.126. The fourth-order valence-electron chi connectivity index (χ4n) is 1.63. The molecule has 17 heavy (non-hydrogen) atoms. The van der Waals surface area contributed by atoms with E-state index in [1.54, 1.807) is 6.92 Å². The Morgan fingerprint density at radius 1 is 1.47 bits per heavy atom. The van der Waals surface area contributed by atoms with E-state index in [1.807, 2.05) is 6.92 Å². The maximum absolute atomic E-state index is 11.7. The highest BCUT2D eigenvalue weighted by atomic mass is 16.5. The third-order valence-corrected chi connectivity index (χ3v) is 2.58. The van der Waals surface area contributed by atoms with Crippen LogP contribution in [0, 0.1) is 6.92 Å². The van der Waals surface area contributed by atoms with E-state index in [2.05, 4.69) is 0 Å². The molecule has 0 saturated heterocycles. The number of methoxy groups -OCH3 is 1. The molecule has 5 heteroatoms. The van der Waals surface area contributed by atoms with Crippen molar-refractivity contribution in [3.05, 3.63) is 21.7 Å². The summed E-state index contributed by atoms with van der Waals surface area (Å²) in [6, 6.07) is 0. The Hall–Kier alpha value is -1.49. The maximum atomic E-state index is 11.7. The number of aliphatic hydroxyl groups is 1. The van der Waals surface area contributed by atoms with Gasteiger partial charge in [0.15, 0.2) is 5.76 Å². The van der Waals surface area contributed by atoms with Crippen molar-refractivity contribution >= 4 is 0 Å². The highest BCUT2D eigenvalue weighted by Crippen LogP contribution is 2.29. The molecule has 0 saturated carbocycles. The molecule has 1 rings (SSSR count). The van der Waals surface area contributed by atoms with Gasteiger partial charge in [-0.25, -0.2) is 0 Å². The minimum absolute atomic E-state index is 0.0334. The normalized spacial score (nSPS) is 12.5. The smallest absolute Gasteiger partial charge is 0.268 e. The molecule has 0 aliphatic heterocycles. The Balaban J connectivity index is 3.14. The molecule has 0 amide bonds. The summed E-state index contributed by atoms with van der Waals surface area (Å²) in [5.41, 5.74) is -0.651. The van der Waals surface area contributed by atoms with Crippen LogP contribution in [0.5, 0.6) is 11.5 Å². The summed E-state index contributed by atoms with van der Waals surface area (Å²) in [5, 5.41) is 19.5. The molecular formula is C12H18O5. The van der Waals surface area contributed by atoms with Crippen molar-refractivity contribution in [2.24, 2.45) is 0 Å². The van der Waals surface area contributed by atoms with Crippen LogP contribution in [0.3, 0.4) is 0 Å². The quantitative estimate of drug-likeness (QED) is 0.824. The van der Waals surface area contributed by atoms with E-state index in [0.29, 0.717) is 6.42 Å². The number of aromatic hydroxyl groups is 1. The van der Waals surface area contributed by atoms with Gasteiger partial charge in [0.05, 0.1) is 7.11 Å². The molecule has 1 unspecified atom stereocenters. The molecule has 1 atom stereocenters. The number of rotatable bonds is 5. The minimum atomic E-state index is -0.966. The van der Waals surface area contributed by atoms with Gasteiger partial charge in [0.2, 0.25) is 11.5 Å². The van der Waals surface area contributed by atoms with Gasteiger partial charge in [0.25, 0.3) is 5.43 Å². The Morgan fingerprint density at radius 2 is 2.12 bits per heavy atom. The van der Waals surface area contributed by atoms with Gasteiger partial charge < -0.3 is 19.4 Å². The van der Waals surface area contributed by atoms with Gasteiger partial charge in [0, 0.05) is 0 Å². The molecule has 0 bridgehead atoms. The number of ether oxygens (including phenoxy) is 1. The summed E-state index contributed by atoms with van der Waals surface area (Å²) in [6.07, 6.45) is 1.18. The van der Waals surface area contributed by atoms with Crippen molar-refractivity contribution in [1.29, 1.82) is 0 Å². The van der Waals surface area contributed by atoms with E-state index in [0.717, 1.165) is 12.8 Å². The Kier molecular flexibility index (Phi) is 4.57. The third-order valence-electron chi connectivity index (χ3n) is 2.58. The second kappa shape index (κ2) is 5.72. The molecule has 1 aromatic rings. The van der Waals surface area contributed by atoms with Crippen LogP contribution < -0.4 is 10.2 Å². The Morgan fingerprint density at radius 3 is 2.65 bits per heavy atom. The molecular weight excluding hydrogens is 224 g/mol. The van der Waals surface area contributed by atoms with E-state index >= 15 is 0 Å². The topological polar surface area (TPSA) is 79.9 Å². The molecule has 0 radical (unpaired) electrons. The maximum Gasteiger partial charge on any atom is 0.268 e. The van der Waals surface area contributed by atoms with Gasteiger partial charge in [-0.1, -0.05) is 19.8 Å². The van der Waals surface area contributed by atoms with Crippen molar-refractivity contribution < 1.29 is 19.4 Å². The van der Waals surface area contributed by atoms with Gasteiger partial charge in [-0.15, -0.1) is 0 Å². The molecule has 0 aliphatic rings. The molecule has 96 valence electrons. The van der Waals surface area contributed by atoms with Crippen molar-refractivity contribution in [3.8, 4) is 11.5 Å². The first-order valence-corrected chi connectivity index (χ1v) is 5.61. The largest absolute Gasteiger partial charge is 0.502 e. The first-order valence-electron chi connectivity index (χ1n) is 5.61. The summed E-state index contributed by atoms with van der Waals surface area (Å²) >= 11 is 0. The lowest BCUT2D eigenvalue weighted by Crippen LogP contribution is -2.11. The number of aryl methyl sites for hydroxylation is 1. The lowest BCUT2D eigenvalue weighted by atomic mass is 10.1. The number of unbranched alkanes of at least 4 members (excludes halogenated alkanes) is 1. The second-order valence-corrected chi connectivity index (χ2v) is 3.89. The van der Waals surface area contributed by atoms with Crippen LogP contribution in [0.1, 0.15) is 43.8 Å². The molecule has 0 aliphatic carbocycles. The van der Waals surface area contributed by atoms with Crippen LogP contribution in [0.2, 0.25) is 0 Å². The average Bonchev–Trinajstić information content (AvgIpc) is 2.31. The Labute approximate surface area is 99.7 Å². The molecule has 1 aromatic heterocycles. The summed E-state index contributed by atoms with van der Waals surface area (Å²) in [5.74, 6) is -0.437. The fourth-order valence-corrected chi connectivity index (χ4v) is 1.63. The van der Waals surface area contributed by atoms with Gasteiger partial charge in [-0.2, -0.15) is 0 Å². The molecule has 1 heterocycles. The van der Waals surface area contributed by atoms with Crippen LogP contribution >= 0.6 is 0 Å². The average molecular weight is 242 g/mol. The highest BCUT2D eigenvalue weighted by Gasteiger charge is 2.22. The summed E-state index contributed by atoms with van der Waals surface area (Å²) in [7, 11) is 1.33. The second-order valence-electron chi connectivity index (χ2n) is 3.89.